The zero-order valence-corrected chi connectivity index (χ0v) is 10.7. The van der Waals surface area contributed by atoms with Crippen molar-refractivity contribution in [1.29, 1.82) is 0 Å². The smallest absolute Gasteiger partial charge is 0.166 e. The lowest BCUT2D eigenvalue weighted by Crippen LogP contribution is -2.06. The van der Waals surface area contributed by atoms with Crippen LogP contribution in [0.5, 0.6) is 5.75 Å². The molecule has 1 atom stereocenters. The molecule has 0 aliphatic carbocycles. The minimum absolute atomic E-state index is 0.146. The fraction of sp³-hybridized carbons (Fsp3) is 0.133. The van der Waals surface area contributed by atoms with Crippen molar-refractivity contribution in [2.24, 2.45) is 0 Å². The van der Waals surface area contributed by atoms with Crippen LogP contribution in [0.4, 0.5) is 8.78 Å². The van der Waals surface area contributed by atoms with E-state index >= 15 is 0 Å². The van der Waals surface area contributed by atoms with Crippen molar-refractivity contribution in [1.82, 2.24) is 0 Å². The Balaban J connectivity index is 2.24. The molecule has 1 unspecified atom stereocenters. The molecule has 3 rings (SSSR count). The summed E-state index contributed by atoms with van der Waals surface area (Å²) < 4.78 is 32.8. The summed E-state index contributed by atoms with van der Waals surface area (Å²) >= 11 is 6.03. The molecule has 0 saturated heterocycles. The van der Waals surface area contributed by atoms with Gasteiger partial charge in [0.15, 0.2) is 11.6 Å². The van der Waals surface area contributed by atoms with Crippen LogP contribution in [0.2, 0.25) is 5.02 Å². The fourth-order valence-electron chi connectivity index (χ4n) is 2.31. The third-order valence-corrected chi connectivity index (χ3v) is 3.32. The summed E-state index contributed by atoms with van der Waals surface area (Å²) in [7, 11) is 0. The fourth-order valence-corrected chi connectivity index (χ4v) is 2.55. The van der Waals surface area contributed by atoms with Crippen LogP contribution in [0, 0.1) is 18.6 Å². The van der Waals surface area contributed by atoms with E-state index in [-0.39, 0.29) is 11.7 Å². The van der Waals surface area contributed by atoms with Gasteiger partial charge in [-0.15, -0.1) is 0 Å². The molecule has 1 heterocycles. The van der Waals surface area contributed by atoms with Crippen molar-refractivity contribution in [3.8, 4) is 16.9 Å². The summed E-state index contributed by atoms with van der Waals surface area (Å²) in [5.41, 5.74) is 1.48. The Hall–Kier alpha value is -1.61. The van der Waals surface area contributed by atoms with Gasteiger partial charge in [-0.2, -0.15) is 0 Å². The summed E-state index contributed by atoms with van der Waals surface area (Å²) in [6, 6.07) is 7.38. The Morgan fingerprint density at radius 3 is 2.79 bits per heavy atom. The van der Waals surface area contributed by atoms with E-state index in [1.807, 2.05) is 0 Å². The average molecular weight is 280 g/mol. The maximum Gasteiger partial charge on any atom is 0.166 e. The van der Waals surface area contributed by atoms with Gasteiger partial charge in [0.25, 0.3) is 0 Å². The van der Waals surface area contributed by atoms with E-state index < -0.39 is 11.6 Å². The van der Waals surface area contributed by atoms with E-state index in [1.54, 1.807) is 12.1 Å². The molecule has 1 nitrogen and oxygen atoms in total. The number of ether oxygens (including phenoxy) is 1. The van der Waals surface area contributed by atoms with Crippen LogP contribution in [0.25, 0.3) is 11.1 Å². The molecule has 1 aliphatic heterocycles. The number of rotatable bonds is 1. The van der Waals surface area contributed by atoms with Gasteiger partial charge in [0.05, 0.1) is 0 Å². The minimum Gasteiger partial charge on any atom is -0.489 e. The molecular formula is C15H10ClF2O. The second-order valence-corrected chi connectivity index (χ2v) is 4.92. The monoisotopic (exact) mass is 279 g/mol. The summed E-state index contributed by atoms with van der Waals surface area (Å²) in [6.45, 7) is 3.82. The first-order valence-corrected chi connectivity index (χ1v) is 6.20. The largest absolute Gasteiger partial charge is 0.489 e. The Morgan fingerprint density at radius 2 is 2.00 bits per heavy atom. The minimum atomic E-state index is -0.900. The van der Waals surface area contributed by atoms with Crippen molar-refractivity contribution < 1.29 is 13.5 Å². The van der Waals surface area contributed by atoms with Gasteiger partial charge in [-0.05, 0) is 30.7 Å². The maximum atomic E-state index is 13.9. The third-order valence-electron chi connectivity index (χ3n) is 3.10. The molecule has 97 valence electrons. The standard InChI is InChI=1S/C15H10ClF2O/c1-8-5-9-6-10(16)7-12(15(9)19-8)11-3-2-4-13(17)14(11)18/h2-4,6-8H,1,5H2. The lowest BCUT2D eigenvalue weighted by molar-refractivity contribution is 0.282. The molecule has 2 aromatic rings. The molecule has 1 aliphatic rings. The molecule has 0 saturated carbocycles. The molecule has 0 amide bonds. The first-order chi connectivity index (χ1) is 9.06. The van der Waals surface area contributed by atoms with E-state index in [1.165, 1.54) is 12.1 Å². The van der Waals surface area contributed by atoms with Gasteiger partial charge in [-0.3, -0.25) is 0 Å². The summed E-state index contributed by atoms with van der Waals surface area (Å²) in [6.07, 6.45) is 0.378. The zero-order valence-electron chi connectivity index (χ0n) is 9.92. The van der Waals surface area contributed by atoms with E-state index in [9.17, 15) is 8.78 Å². The van der Waals surface area contributed by atoms with E-state index in [4.69, 9.17) is 16.3 Å². The molecule has 19 heavy (non-hydrogen) atoms. The normalized spacial score (nSPS) is 17.2. The van der Waals surface area contributed by atoms with Crippen LogP contribution >= 0.6 is 11.6 Å². The van der Waals surface area contributed by atoms with Crippen LogP contribution in [0.3, 0.4) is 0 Å². The van der Waals surface area contributed by atoms with Crippen LogP contribution < -0.4 is 4.74 Å². The molecular weight excluding hydrogens is 270 g/mol. The maximum absolute atomic E-state index is 13.9. The highest BCUT2D eigenvalue weighted by atomic mass is 35.5. The molecule has 0 N–H and O–H groups in total. The van der Waals surface area contributed by atoms with Gasteiger partial charge in [0, 0.05) is 22.6 Å². The molecule has 1 radical (unpaired) electrons. The summed E-state index contributed by atoms with van der Waals surface area (Å²) in [4.78, 5) is 0. The molecule has 0 spiro atoms. The van der Waals surface area contributed by atoms with Crippen molar-refractivity contribution >= 4 is 11.6 Å². The first-order valence-electron chi connectivity index (χ1n) is 5.83. The summed E-state index contributed by atoms with van der Waals surface area (Å²) in [5, 5.41) is 0.468. The van der Waals surface area contributed by atoms with Crippen LogP contribution in [-0.2, 0) is 6.42 Å². The predicted molar refractivity (Wildman–Crippen MR) is 70.3 cm³/mol. The van der Waals surface area contributed by atoms with Crippen molar-refractivity contribution in [3.05, 3.63) is 59.5 Å². The molecule has 0 bridgehead atoms. The lowest BCUT2D eigenvalue weighted by Gasteiger charge is -2.11. The van der Waals surface area contributed by atoms with E-state index in [0.717, 1.165) is 11.6 Å². The van der Waals surface area contributed by atoms with E-state index in [0.29, 0.717) is 22.8 Å². The molecule has 2 aromatic carbocycles. The predicted octanol–water partition coefficient (Wildman–Crippen LogP) is 4.42. The lowest BCUT2D eigenvalue weighted by atomic mass is 10.00. The Morgan fingerprint density at radius 1 is 1.21 bits per heavy atom. The molecule has 4 heteroatoms. The van der Waals surface area contributed by atoms with Crippen LogP contribution in [-0.4, -0.2) is 6.10 Å². The number of fused-ring (bicyclic) bond motifs is 1. The van der Waals surface area contributed by atoms with Gasteiger partial charge >= 0.3 is 0 Å². The highest BCUT2D eigenvalue weighted by molar-refractivity contribution is 6.31. The Kier molecular flexibility index (Phi) is 2.94. The average Bonchev–Trinajstić information content (AvgIpc) is 2.72. The second-order valence-electron chi connectivity index (χ2n) is 4.49. The molecule has 0 aromatic heterocycles. The van der Waals surface area contributed by atoms with E-state index in [2.05, 4.69) is 6.92 Å². The van der Waals surface area contributed by atoms with Gasteiger partial charge in [-0.25, -0.2) is 8.78 Å². The first kappa shape index (κ1) is 12.4. The number of halogens is 3. The van der Waals surface area contributed by atoms with Gasteiger partial charge < -0.3 is 4.74 Å². The third kappa shape index (κ3) is 2.08. The number of hydrogen-bond acceptors (Lipinski definition) is 1. The Bertz CT molecular complexity index is 655. The highest BCUT2D eigenvalue weighted by Gasteiger charge is 2.25. The number of benzene rings is 2. The van der Waals surface area contributed by atoms with Crippen molar-refractivity contribution in [2.45, 2.75) is 12.5 Å². The van der Waals surface area contributed by atoms with Gasteiger partial charge in [-0.1, -0.05) is 23.7 Å². The second kappa shape index (κ2) is 4.49. The SMILES string of the molecule is [CH2]C1Cc2cc(Cl)cc(-c3cccc(F)c3F)c2O1. The zero-order chi connectivity index (χ0) is 13.6. The van der Waals surface area contributed by atoms with Crippen molar-refractivity contribution in [3.63, 3.8) is 0 Å². The van der Waals surface area contributed by atoms with Gasteiger partial charge in [0.1, 0.15) is 11.9 Å². The van der Waals surface area contributed by atoms with Crippen molar-refractivity contribution in [2.75, 3.05) is 0 Å². The molecule has 0 fully saturated rings. The van der Waals surface area contributed by atoms with Crippen LogP contribution in [0.1, 0.15) is 5.56 Å². The quantitative estimate of drug-likeness (QED) is 0.751. The van der Waals surface area contributed by atoms with Crippen LogP contribution in [0.15, 0.2) is 30.3 Å². The topological polar surface area (TPSA) is 9.23 Å². The summed E-state index contributed by atoms with van der Waals surface area (Å²) in [5.74, 6) is -1.26. The van der Waals surface area contributed by atoms with Gasteiger partial charge in [0.2, 0.25) is 0 Å². The Labute approximate surface area is 114 Å². The number of hydrogen-bond donors (Lipinski definition) is 0. The highest BCUT2D eigenvalue weighted by Crippen LogP contribution is 2.41.